The monoisotopic (exact) mass is 571 g/mol. The number of carbonyl (C=O) groups is 2. The van der Waals surface area contributed by atoms with Gasteiger partial charge < -0.3 is 19.2 Å². The van der Waals surface area contributed by atoms with Crippen LogP contribution in [0.3, 0.4) is 0 Å². The Hall–Kier alpha value is -4.70. The number of fused-ring (bicyclic) bond motifs is 1. The first-order valence-electron chi connectivity index (χ1n) is 13.2. The first kappa shape index (κ1) is 27.9. The number of hydrogen-bond acceptors (Lipinski definition) is 7. The van der Waals surface area contributed by atoms with Gasteiger partial charge in [0.15, 0.2) is 4.80 Å². The smallest absolute Gasteiger partial charge is 0.335 e. The van der Waals surface area contributed by atoms with Crippen LogP contribution >= 0.6 is 11.3 Å². The number of aromatic carboxylic acids is 1. The summed E-state index contributed by atoms with van der Waals surface area (Å²) in [6.45, 7) is 6.68. The topological polar surface area (TPSA) is 114 Å². The van der Waals surface area contributed by atoms with Gasteiger partial charge in [0, 0.05) is 30.3 Å². The first-order chi connectivity index (χ1) is 19.8. The van der Waals surface area contributed by atoms with Crippen LogP contribution in [0, 0.1) is 0 Å². The van der Waals surface area contributed by atoms with Crippen LogP contribution < -0.4 is 19.6 Å². The molecule has 0 aliphatic carbocycles. The van der Waals surface area contributed by atoms with Crippen LogP contribution in [0.5, 0.6) is 5.75 Å². The molecule has 0 saturated heterocycles. The van der Waals surface area contributed by atoms with E-state index in [9.17, 15) is 14.4 Å². The van der Waals surface area contributed by atoms with E-state index < -0.39 is 12.0 Å². The standard InChI is InChI=1S/C31H29N3O6S/c1-5-33(6-2)29(36)26-18(3)32-31-34(27(26)22-9-7-8-10-24(22)39-4)28(35)25(41-31)17-21-15-16-23(40-21)19-11-13-20(14-12-19)30(37)38/h7-17,27H,5-6H2,1-4H3,(H,37,38)/b25-17+/t27-/m0/s1. The minimum atomic E-state index is -1.00. The molecule has 0 saturated carbocycles. The summed E-state index contributed by atoms with van der Waals surface area (Å²) in [5, 5.41) is 9.15. The van der Waals surface area contributed by atoms with E-state index in [-0.39, 0.29) is 17.0 Å². The minimum Gasteiger partial charge on any atom is -0.496 e. The molecule has 1 amide bonds. The second-order valence-electron chi connectivity index (χ2n) is 9.39. The molecule has 0 radical (unpaired) electrons. The summed E-state index contributed by atoms with van der Waals surface area (Å²) in [4.78, 5) is 45.8. The first-order valence-corrected chi connectivity index (χ1v) is 14.0. The number of aromatic nitrogens is 1. The Morgan fingerprint density at radius 2 is 1.80 bits per heavy atom. The number of ether oxygens (including phenoxy) is 1. The minimum absolute atomic E-state index is 0.175. The predicted molar refractivity (Wildman–Crippen MR) is 156 cm³/mol. The number of carboxylic acids is 1. The van der Waals surface area contributed by atoms with Crippen molar-refractivity contribution in [3.8, 4) is 17.1 Å². The second kappa shape index (κ2) is 11.4. The number of carboxylic acid groups (broad SMARTS) is 1. The quantitative estimate of drug-likeness (QED) is 0.341. The molecule has 1 aliphatic rings. The third-order valence-electron chi connectivity index (χ3n) is 7.05. The number of thiazole rings is 1. The highest BCUT2D eigenvalue weighted by Gasteiger charge is 2.35. The van der Waals surface area contributed by atoms with E-state index in [0.717, 1.165) is 0 Å². The van der Waals surface area contributed by atoms with Crippen LogP contribution in [0.2, 0.25) is 0 Å². The van der Waals surface area contributed by atoms with E-state index in [1.165, 1.54) is 23.5 Å². The normalized spacial score (nSPS) is 14.9. The van der Waals surface area contributed by atoms with E-state index in [0.29, 0.717) is 62.1 Å². The number of allylic oxidation sites excluding steroid dienone is 1. The zero-order chi connectivity index (χ0) is 29.3. The van der Waals surface area contributed by atoms with Gasteiger partial charge in [-0.25, -0.2) is 9.79 Å². The summed E-state index contributed by atoms with van der Waals surface area (Å²) in [7, 11) is 1.56. The number of nitrogens with zero attached hydrogens (tertiary/aromatic N) is 3. The van der Waals surface area contributed by atoms with Gasteiger partial charge in [-0.15, -0.1) is 0 Å². The Balaban J connectivity index is 1.63. The van der Waals surface area contributed by atoms with Gasteiger partial charge >= 0.3 is 5.97 Å². The third-order valence-corrected chi connectivity index (χ3v) is 8.04. The van der Waals surface area contributed by atoms with E-state index in [1.54, 1.807) is 53.8 Å². The molecule has 10 heteroatoms. The van der Waals surface area contributed by atoms with Gasteiger partial charge in [-0.2, -0.15) is 0 Å². The number of para-hydroxylation sites is 1. The fraction of sp³-hybridized carbons (Fsp3) is 0.226. The van der Waals surface area contributed by atoms with Crippen molar-refractivity contribution in [3.63, 3.8) is 0 Å². The number of likely N-dealkylation sites (N-methyl/N-ethyl adjacent to an activating group) is 1. The fourth-order valence-electron chi connectivity index (χ4n) is 4.95. The lowest BCUT2D eigenvalue weighted by molar-refractivity contribution is -0.127. The second-order valence-corrected chi connectivity index (χ2v) is 10.4. The lowest BCUT2D eigenvalue weighted by atomic mass is 9.94. The van der Waals surface area contributed by atoms with Crippen molar-refractivity contribution >= 4 is 29.3 Å². The van der Waals surface area contributed by atoms with E-state index >= 15 is 0 Å². The van der Waals surface area contributed by atoms with Crippen molar-refractivity contribution < 1.29 is 23.8 Å². The van der Waals surface area contributed by atoms with Crippen molar-refractivity contribution in [1.82, 2.24) is 9.47 Å². The Morgan fingerprint density at radius 1 is 1.10 bits per heavy atom. The Labute approximate surface area is 240 Å². The summed E-state index contributed by atoms with van der Waals surface area (Å²) >= 11 is 1.22. The molecule has 1 aliphatic heterocycles. The molecular weight excluding hydrogens is 542 g/mol. The highest BCUT2D eigenvalue weighted by atomic mass is 32.1. The van der Waals surface area contributed by atoms with Crippen molar-refractivity contribution in [1.29, 1.82) is 0 Å². The molecule has 0 spiro atoms. The fourth-order valence-corrected chi connectivity index (χ4v) is 5.98. The van der Waals surface area contributed by atoms with Crippen LogP contribution in [-0.2, 0) is 4.79 Å². The van der Waals surface area contributed by atoms with Crippen LogP contribution in [0.4, 0.5) is 0 Å². The summed E-state index contributed by atoms with van der Waals surface area (Å²) < 4.78 is 13.6. The molecular formula is C31H29N3O6S. The SMILES string of the molecule is CCN(CC)C(=O)C1=C(C)N=c2s/c(=C/c3ccc(-c4ccc(C(=O)O)cc4)o3)c(=O)n2[C@H]1c1ccccc1OC. The van der Waals surface area contributed by atoms with Crippen LogP contribution in [0.15, 0.2) is 86.1 Å². The predicted octanol–water partition coefficient (Wildman–Crippen LogP) is 4.07. The third kappa shape index (κ3) is 5.14. The van der Waals surface area contributed by atoms with E-state index in [4.69, 9.17) is 19.3 Å². The molecule has 210 valence electrons. The molecule has 41 heavy (non-hydrogen) atoms. The van der Waals surface area contributed by atoms with Gasteiger partial charge in [-0.05, 0) is 51.1 Å². The number of amides is 1. The summed E-state index contributed by atoms with van der Waals surface area (Å²) in [5.74, 6) is 0.380. The van der Waals surface area contributed by atoms with E-state index in [1.807, 2.05) is 38.1 Å². The maximum atomic E-state index is 14.0. The van der Waals surface area contributed by atoms with Crippen LogP contribution in [0.1, 0.15) is 48.5 Å². The number of hydrogen-bond donors (Lipinski definition) is 1. The molecule has 4 aromatic rings. The lowest BCUT2D eigenvalue weighted by Crippen LogP contribution is -2.43. The molecule has 5 rings (SSSR count). The summed E-state index contributed by atoms with van der Waals surface area (Å²) in [6.07, 6.45) is 1.66. The lowest BCUT2D eigenvalue weighted by Gasteiger charge is -2.29. The molecule has 0 bridgehead atoms. The molecule has 2 aromatic heterocycles. The molecule has 3 heterocycles. The van der Waals surface area contributed by atoms with Gasteiger partial charge in [0.25, 0.3) is 11.5 Å². The Bertz CT molecular complexity index is 1840. The number of benzene rings is 2. The molecule has 2 aromatic carbocycles. The van der Waals surface area contributed by atoms with Gasteiger partial charge in [0.2, 0.25) is 0 Å². The molecule has 1 atom stereocenters. The zero-order valence-electron chi connectivity index (χ0n) is 23.1. The zero-order valence-corrected chi connectivity index (χ0v) is 23.9. The molecule has 0 unspecified atom stereocenters. The van der Waals surface area contributed by atoms with E-state index in [2.05, 4.69) is 0 Å². The van der Waals surface area contributed by atoms with Crippen LogP contribution in [0.25, 0.3) is 17.4 Å². The van der Waals surface area contributed by atoms with Crippen molar-refractivity contribution in [2.24, 2.45) is 4.99 Å². The Morgan fingerprint density at radius 3 is 2.46 bits per heavy atom. The number of methoxy groups -OCH3 is 1. The average molecular weight is 572 g/mol. The number of carbonyl (C=O) groups excluding carboxylic acids is 1. The van der Waals surface area contributed by atoms with Gasteiger partial charge in [0.05, 0.1) is 28.5 Å². The van der Waals surface area contributed by atoms with Crippen molar-refractivity contribution in [3.05, 3.63) is 109 Å². The van der Waals surface area contributed by atoms with Gasteiger partial charge in [-0.3, -0.25) is 14.2 Å². The number of furan rings is 1. The van der Waals surface area contributed by atoms with Gasteiger partial charge in [0.1, 0.15) is 23.3 Å². The molecule has 1 N–H and O–H groups in total. The van der Waals surface area contributed by atoms with Crippen molar-refractivity contribution in [2.45, 2.75) is 26.8 Å². The Kier molecular flexibility index (Phi) is 7.76. The average Bonchev–Trinajstić information content (AvgIpc) is 3.57. The molecule has 9 nitrogen and oxygen atoms in total. The maximum Gasteiger partial charge on any atom is 0.335 e. The van der Waals surface area contributed by atoms with Crippen molar-refractivity contribution in [2.75, 3.05) is 20.2 Å². The summed E-state index contributed by atoms with van der Waals surface area (Å²) in [5.41, 5.74) is 2.27. The maximum absolute atomic E-state index is 14.0. The van der Waals surface area contributed by atoms with Crippen LogP contribution in [-0.4, -0.2) is 46.6 Å². The number of rotatable bonds is 8. The highest BCUT2D eigenvalue weighted by Crippen LogP contribution is 2.36. The largest absolute Gasteiger partial charge is 0.496 e. The van der Waals surface area contributed by atoms with Gasteiger partial charge in [-0.1, -0.05) is 41.7 Å². The summed E-state index contributed by atoms with van der Waals surface area (Å²) in [6, 6.07) is 16.5. The highest BCUT2D eigenvalue weighted by molar-refractivity contribution is 7.07. The molecule has 0 fully saturated rings.